The Morgan fingerprint density at radius 2 is 1.83 bits per heavy atom. The molecule has 2 aromatic carbocycles. The highest BCUT2D eigenvalue weighted by atomic mass is 19.4. The van der Waals surface area contributed by atoms with Crippen LogP contribution in [0.2, 0.25) is 0 Å². The van der Waals surface area contributed by atoms with Crippen molar-refractivity contribution in [2.24, 2.45) is 0 Å². The number of carbonyl (C=O) groups excluding carboxylic acids is 1. The van der Waals surface area contributed by atoms with Crippen LogP contribution in [0, 0.1) is 5.82 Å². The quantitative estimate of drug-likeness (QED) is 0.461. The largest absolute Gasteiger partial charge is 0.453 e. The average Bonchev–Trinajstić information content (AvgIpc) is 3.28. The van der Waals surface area contributed by atoms with Crippen molar-refractivity contribution in [2.45, 2.75) is 12.6 Å². The summed E-state index contributed by atoms with van der Waals surface area (Å²) in [6.07, 6.45) is -5.11. The molecule has 0 bridgehead atoms. The fourth-order valence-electron chi connectivity index (χ4n) is 2.80. The molecule has 148 valence electrons. The molecule has 0 unspecified atom stereocenters. The summed E-state index contributed by atoms with van der Waals surface area (Å²) in [5.74, 6) is -1.31. The molecule has 0 aliphatic heterocycles. The van der Waals surface area contributed by atoms with Gasteiger partial charge in [0.25, 0.3) is 0 Å². The number of halogens is 4. The van der Waals surface area contributed by atoms with Crippen molar-refractivity contribution >= 4 is 22.6 Å². The third-order valence-electron chi connectivity index (χ3n) is 4.12. The van der Waals surface area contributed by atoms with Crippen LogP contribution >= 0.6 is 0 Å². The van der Waals surface area contributed by atoms with Gasteiger partial charge in [0.1, 0.15) is 11.4 Å². The molecule has 1 amide bonds. The SMILES string of the molecule is O=C(Cc1cc(-c2cc3ccccc3o2)on1)Nc1ccc(F)c(C(F)(F)F)c1. The van der Waals surface area contributed by atoms with Gasteiger partial charge >= 0.3 is 6.18 Å². The predicted octanol–water partition coefficient (Wildman–Crippen LogP) is 5.43. The normalized spacial score (nSPS) is 11.7. The number of nitrogens with zero attached hydrogens (tertiary/aromatic N) is 1. The fraction of sp³-hybridized carbons (Fsp3) is 0.100. The lowest BCUT2D eigenvalue weighted by Crippen LogP contribution is -2.16. The molecule has 0 radical (unpaired) electrons. The Hall–Kier alpha value is -3.62. The number of anilines is 1. The van der Waals surface area contributed by atoms with Crippen molar-refractivity contribution in [1.82, 2.24) is 5.16 Å². The number of para-hydroxylation sites is 1. The van der Waals surface area contributed by atoms with Crippen molar-refractivity contribution < 1.29 is 31.3 Å². The maximum atomic E-state index is 13.3. The van der Waals surface area contributed by atoms with E-state index in [-0.39, 0.29) is 17.8 Å². The molecule has 2 aromatic heterocycles. The Balaban J connectivity index is 1.47. The second-order valence-corrected chi connectivity index (χ2v) is 6.25. The zero-order chi connectivity index (χ0) is 20.6. The Morgan fingerprint density at radius 3 is 2.59 bits per heavy atom. The maximum absolute atomic E-state index is 13.3. The van der Waals surface area contributed by atoms with Gasteiger partial charge in [0.05, 0.1) is 17.7 Å². The molecule has 0 atom stereocenters. The molecule has 4 aromatic rings. The van der Waals surface area contributed by atoms with Gasteiger partial charge in [-0.05, 0) is 30.3 Å². The van der Waals surface area contributed by atoms with Crippen LogP contribution in [0.25, 0.3) is 22.5 Å². The molecule has 2 heterocycles. The topological polar surface area (TPSA) is 68.3 Å². The first-order chi connectivity index (χ1) is 13.8. The standard InChI is InChI=1S/C20H12F4N2O3/c21-15-6-5-12(8-14(15)20(22,23)24)25-19(27)10-13-9-18(29-26-13)17-7-11-3-1-2-4-16(11)28-17/h1-9H,10H2,(H,25,27). The van der Waals surface area contributed by atoms with Crippen LogP contribution in [-0.2, 0) is 17.4 Å². The van der Waals surface area contributed by atoms with E-state index in [1.54, 1.807) is 12.1 Å². The van der Waals surface area contributed by atoms with Crippen LogP contribution in [0.3, 0.4) is 0 Å². The Morgan fingerprint density at radius 1 is 1.03 bits per heavy atom. The second-order valence-electron chi connectivity index (χ2n) is 6.25. The highest BCUT2D eigenvalue weighted by molar-refractivity contribution is 5.92. The summed E-state index contributed by atoms with van der Waals surface area (Å²) in [7, 11) is 0. The number of amides is 1. The van der Waals surface area contributed by atoms with Gasteiger partial charge < -0.3 is 14.3 Å². The van der Waals surface area contributed by atoms with E-state index in [1.807, 2.05) is 18.2 Å². The number of fused-ring (bicyclic) bond motifs is 1. The third kappa shape index (κ3) is 3.98. The molecular formula is C20H12F4N2O3. The van der Waals surface area contributed by atoms with Gasteiger partial charge in [0, 0.05) is 17.1 Å². The minimum Gasteiger partial charge on any atom is -0.453 e. The number of carbonyl (C=O) groups is 1. The molecule has 0 aliphatic rings. The minimum atomic E-state index is -4.86. The zero-order valence-electron chi connectivity index (χ0n) is 14.6. The Kier molecular flexibility index (Phi) is 4.57. The number of nitrogens with one attached hydrogen (secondary N) is 1. The molecule has 0 aliphatic carbocycles. The smallest absolute Gasteiger partial charge is 0.419 e. The lowest BCUT2D eigenvalue weighted by Gasteiger charge is -2.10. The Bertz CT molecular complexity index is 1160. The van der Waals surface area contributed by atoms with Gasteiger partial charge in [0.2, 0.25) is 11.7 Å². The van der Waals surface area contributed by atoms with E-state index in [9.17, 15) is 22.4 Å². The van der Waals surface area contributed by atoms with Crippen LogP contribution in [-0.4, -0.2) is 11.1 Å². The van der Waals surface area contributed by atoms with Crippen LogP contribution < -0.4 is 5.32 Å². The number of alkyl halides is 3. The van der Waals surface area contributed by atoms with Gasteiger partial charge in [-0.25, -0.2) is 4.39 Å². The molecule has 0 fully saturated rings. The highest BCUT2D eigenvalue weighted by Crippen LogP contribution is 2.33. The first-order valence-electron chi connectivity index (χ1n) is 8.41. The summed E-state index contributed by atoms with van der Waals surface area (Å²) in [6.45, 7) is 0. The van der Waals surface area contributed by atoms with Crippen molar-refractivity contribution in [3.05, 3.63) is 71.7 Å². The van der Waals surface area contributed by atoms with Crippen LogP contribution in [0.15, 0.2) is 63.5 Å². The monoisotopic (exact) mass is 404 g/mol. The van der Waals surface area contributed by atoms with E-state index in [0.29, 0.717) is 29.2 Å². The molecule has 29 heavy (non-hydrogen) atoms. The summed E-state index contributed by atoms with van der Waals surface area (Å²) in [5, 5.41) is 6.94. The summed E-state index contributed by atoms with van der Waals surface area (Å²) < 4.78 is 62.5. The lowest BCUT2D eigenvalue weighted by molar-refractivity contribution is -0.140. The van der Waals surface area contributed by atoms with E-state index < -0.39 is 23.5 Å². The van der Waals surface area contributed by atoms with Crippen molar-refractivity contribution in [2.75, 3.05) is 5.32 Å². The van der Waals surface area contributed by atoms with Crippen LogP contribution in [0.1, 0.15) is 11.3 Å². The number of furan rings is 1. The summed E-state index contributed by atoms with van der Waals surface area (Å²) in [6, 6.07) is 12.8. The molecule has 0 spiro atoms. The van der Waals surface area contributed by atoms with Gasteiger partial charge in [-0.15, -0.1) is 0 Å². The number of hydrogen-bond acceptors (Lipinski definition) is 4. The minimum absolute atomic E-state index is 0.176. The molecule has 9 heteroatoms. The number of hydrogen-bond donors (Lipinski definition) is 1. The van der Waals surface area contributed by atoms with E-state index in [2.05, 4.69) is 10.5 Å². The number of rotatable bonds is 4. The molecule has 1 N–H and O–H groups in total. The number of benzene rings is 2. The van der Waals surface area contributed by atoms with Gasteiger partial charge in [-0.2, -0.15) is 13.2 Å². The zero-order valence-corrected chi connectivity index (χ0v) is 14.6. The second kappa shape index (κ2) is 7.08. The van der Waals surface area contributed by atoms with Crippen molar-refractivity contribution in [3.63, 3.8) is 0 Å². The Labute approximate surface area is 160 Å². The molecule has 0 saturated heterocycles. The number of aromatic nitrogens is 1. The fourth-order valence-corrected chi connectivity index (χ4v) is 2.80. The van der Waals surface area contributed by atoms with Gasteiger partial charge in [0.15, 0.2) is 5.76 Å². The lowest BCUT2D eigenvalue weighted by atomic mass is 10.1. The summed E-state index contributed by atoms with van der Waals surface area (Å²) in [5.41, 5.74) is -0.709. The maximum Gasteiger partial charge on any atom is 0.419 e. The molecule has 5 nitrogen and oxygen atoms in total. The van der Waals surface area contributed by atoms with Crippen LogP contribution in [0.4, 0.5) is 23.2 Å². The first-order valence-corrected chi connectivity index (χ1v) is 8.41. The van der Waals surface area contributed by atoms with Crippen LogP contribution in [0.5, 0.6) is 0 Å². The van der Waals surface area contributed by atoms with E-state index in [4.69, 9.17) is 8.94 Å². The summed E-state index contributed by atoms with van der Waals surface area (Å²) >= 11 is 0. The van der Waals surface area contributed by atoms with Gasteiger partial charge in [-0.3, -0.25) is 4.79 Å². The van der Waals surface area contributed by atoms with Gasteiger partial charge in [-0.1, -0.05) is 23.4 Å². The molecule has 0 saturated carbocycles. The average molecular weight is 404 g/mol. The first kappa shape index (κ1) is 18.7. The van der Waals surface area contributed by atoms with E-state index >= 15 is 0 Å². The predicted molar refractivity (Wildman–Crippen MR) is 95.4 cm³/mol. The van der Waals surface area contributed by atoms with E-state index in [0.717, 1.165) is 11.5 Å². The highest BCUT2D eigenvalue weighted by Gasteiger charge is 2.34. The summed E-state index contributed by atoms with van der Waals surface area (Å²) in [4.78, 5) is 12.1. The molecular weight excluding hydrogens is 392 g/mol. The van der Waals surface area contributed by atoms with E-state index in [1.165, 1.54) is 6.07 Å². The van der Waals surface area contributed by atoms with Crippen molar-refractivity contribution in [3.8, 4) is 11.5 Å². The third-order valence-corrected chi connectivity index (χ3v) is 4.12. The van der Waals surface area contributed by atoms with Crippen molar-refractivity contribution in [1.29, 1.82) is 0 Å². The molecule has 4 rings (SSSR count).